The zero-order valence-electron chi connectivity index (χ0n) is 17.4. The van der Waals surface area contributed by atoms with Crippen LogP contribution >= 0.6 is 22.9 Å². The molecule has 162 valence electrons. The lowest BCUT2D eigenvalue weighted by Gasteiger charge is -2.11. The standard InChI is InChI=1S/C23H24ClN3O3S/c1-3-4-5-22-26-27-23(31-22)25-21(28)13-9-16-8-12-19(20(14-16)29-2)30-15-17-6-10-18(24)11-7-17/h6-14H,3-5,15H2,1-2H3,(H,25,27,28). The maximum absolute atomic E-state index is 12.2. The van der Waals surface area contributed by atoms with Gasteiger partial charge in [0.25, 0.3) is 0 Å². The summed E-state index contributed by atoms with van der Waals surface area (Å²) in [6, 6.07) is 13.0. The number of nitrogens with zero attached hydrogens (tertiary/aromatic N) is 2. The number of aryl methyl sites for hydroxylation is 1. The number of halogens is 1. The van der Waals surface area contributed by atoms with E-state index >= 15 is 0 Å². The Hall–Kier alpha value is -2.90. The van der Waals surface area contributed by atoms with Gasteiger partial charge in [-0.15, -0.1) is 10.2 Å². The molecule has 3 rings (SSSR count). The molecule has 6 nitrogen and oxygen atoms in total. The van der Waals surface area contributed by atoms with Crippen molar-refractivity contribution >= 4 is 40.1 Å². The summed E-state index contributed by atoms with van der Waals surface area (Å²) in [6.07, 6.45) is 6.20. The highest BCUT2D eigenvalue weighted by Gasteiger charge is 2.08. The first-order valence-corrected chi connectivity index (χ1v) is 11.1. The van der Waals surface area contributed by atoms with Gasteiger partial charge in [-0.1, -0.05) is 54.5 Å². The number of benzene rings is 2. The molecule has 0 spiro atoms. The molecule has 8 heteroatoms. The maximum atomic E-state index is 12.2. The lowest BCUT2D eigenvalue weighted by Crippen LogP contribution is -2.07. The molecule has 1 amide bonds. The Morgan fingerprint density at radius 2 is 1.97 bits per heavy atom. The second-order valence-corrected chi connectivity index (χ2v) is 8.25. The second kappa shape index (κ2) is 11.5. The predicted octanol–water partition coefficient (Wildman–Crippen LogP) is 5.77. The zero-order chi connectivity index (χ0) is 22.1. The fraction of sp³-hybridized carbons (Fsp3) is 0.261. The Bertz CT molecular complexity index is 1030. The first-order chi connectivity index (χ1) is 15.1. The van der Waals surface area contributed by atoms with E-state index in [-0.39, 0.29) is 5.91 Å². The Labute approximate surface area is 190 Å². The van der Waals surface area contributed by atoms with Crippen molar-refractivity contribution in [2.75, 3.05) is 12.4 Å². The molecule has 0 aliphatic heterocycles. The Balaban J connectivity index is 1.58. The van der Waals surface area contributed by atoms with Gasteiger partial charge >= 0.3 is 0 Å². The molecule has 0 atom stereocenters. The maximum Gasteiger partial charge on any atom is 0.250 e. The van der Waals surface area contributed by atoms with Crippen molar-refractivity contribution in [1.82, 2.24) is 10.2 Å². The number of carbonyl (C=O) groups excluding carboxylic acids is 1. The van der Waals surface area contributed by atoms with Gasteiger partial charge in [0.2, 0.25) is 11.0 Å². The zero-order valence-corrected chi connectivity index (χ0v) is 19.0. The highest BCUT2D eigenvalue weighted by atomic mass is 35.5. The average molecular weight is 458 g/mol. The van der Waals surface area contributed by atoms with Gasteiger partial charge in [-0.25, -0.2) is 0 Å². The number of rotatable bonds is 10. The number of anilines is 1. The number of carbonyl (C=O) groups is 1. The highest BCUT2D eigenvalue weighted by Crippen LogP contribution is 2.29. The number of ether oxygens (including phenoxy) is 2. The van der Waals surface area contributed by atoms with E-state index < -0.39 is 0 Å². The first-order valence-electron chi connectivity index (χ1n) is 9.94. The van der Waals surface area contributed by atoms with Gasteiger partial charge in [0.1, 0.15) is 11.6 Å². The van der Waals surface area contributed by atoms with E-state index in [1.54, 1.807) is 13.2 Å². The Morgan fingerprint density at radius 1 is 1.16 bits per heavy atom. The van der Waals surface area contributed by atoms with Crippen LogP contribution in [0.3, 0.4) is 0 Å². The molecule has 0 aliphatic carbocycles. The molecule has 3 aromatic rings. The van der Waals surface area contributed by atoms with Gasteiger partial charge in [-0.2, -0.15) is 0 Å². The molecular weight excluding hydrogens is 434 g/mol. The van der Waals surface area contributed by atoms with Crippen LogP contribution in [0.5, 0.6) is 11.5 Å². The van der Waals surface area contributed by atoms with Gasteiger partial charge in [-0.05, 0) is 47.9 Å². The fourth-order valence-corrected chi connectivity index (χ4v) is 3.61. The van der Waals surface area contributed by atoms with Crippen LogP contribution in [0.15, 0.2) is 48.5 Å². The van der Waals surface area contributed by atoms with Crippen molar-refractivity contribution in [3.63, 3.8) is 0 Å². The summed E-state index contributed by atoms with van der Waals surface area (Å²) >= 11 is 7.31. The monoisotopic (exact) mass is 457 g/mol. The number of amides is 1. The van der Waals surface area contributed by atoms with Gasteiger partial charge in [0.05, 0.1) is 7.11 Å². The van der Waals surface area contributed by atoms with Crippen molar-refractivity contribution in [1.29, 1.82) is 0 Å². The van der Waals surface area contributed by atoms with Crippen LogP contribution in [0.25, 0.3) is 6.08 Å². The summed E-state index contributed by atoms with van der Waals surface area (Å²) in [5.74, 6) is 0.939. The first kappa shape index (κ1) is 22.8. The van der Waals surface area contributed by atoms with E-state index in [2.05, 4.69) is 22.4 Å². The summed E-state index contributed by atoms with van der Waals surface area (Å²) in [5, 5.41) is 13.0. The van der Waals surface area contributed by atoms with Gasteiger partial charge in [-0.3, -0.25) is 10.1 Å². The van der Waals surface area contributed by atoms with Gasteiger partial charge in [0, 0.05) is 17.5 Å². The number of aromatic nitrogens is 2. The highest BCUT2D eigenvalue weighted by molar-refractivity contribution is 7.15. The molecule has 0 aliphatic rings. The molecule has 0 saturated carbocycles. The molecule has 31 heavy (non-hydrogen) atoms. The Kier molecular flexibility index (Phi) is 8.44. The summed E-state index contributed by atoms with van der Waals surface area (Å²) in [4.78, 5) is 12.2. The van der Waals surface area contributed by atoms with Crippen LogP contribution < -0.4 is 14.8 Å². The quantitative estimate of drug-likeness (QED) is 0.391. The minimum absolute atomic E-state index is 0.264. The molecule has 1 N–H and O–H groups in total. The molecule has 0 radical (unpaired) electrons. The molecular formula is C23H24ClN3O3S. The third-order valence-corrected chi connectivity index (χ3v) is 5.51. The van der Waals surface area contributed by atoms with Crippen LogP contribution in [0, 0.1) is 0 Å². The fourth-order valence-electron chi connectivity index (χ4n) is 2.70. The van der Waals surface area contributed by atoms with Gasteiger partial charge in [0.15, 0.2) is 11.5 Å². The topological polar surface area (TPSA) is 73.3 Å². The lowest BCUT2D eigenvalue weighted by molar-refractivity contribution is -0.111. The minimum Gasteiger partial charge on any atom is -0.493 e. The Morgan fingerprint density at radius 3 is 2.71 bits per heavy atom. The van der Waals surface area contributed by atoms with Crippen LogP contribution in [-0.4, -0.2) is 23.2 Å². The van der Waals surface area contributed by atoms with Crippen molar-refractivity contribution in [3.05, 3.63) is 69.7 Å². The normalized spacial score (nSPS) is 10.9. The summed E-state index contributed by atoms with van der Waals surface area (Å²) in [6.45, 7) is 2.52. The van der Waals surface area contributed by atoms with Crippen LogP contribution in [-0.2, 0) is 17.8 Å². The second-order valence-electron chi connectivity index (χ2n) is 6.75. The van der Waals surface area contributed by atoms with E-state index in [0.29, 0.717) is 28.3 Å². The summed E-state index contributed by atoms with van der Waals surface area (Å²) in [5.41, 5.74) is 1.81. The van der Waals surface area contributed by atoms with E-state index in [0.717, 1.165) is 35.4 Å². The van der Waals surface area contributed by atoms with E-state index in [4.69, 9.17) is 21.1 Å². The van der Waals surface area contributed by atoms with E-state index in [9.17, 15) is 4.79 Å². The number of hydrogen-bond acceptors (Lipinski definition) is 6. The van der Waals surface area contributed by atoms with E-state index in [1.165, 1.54) is 17.4 Å². The van der Waals surface area contributed by atoms with Crippen LogP contribution in [0.2, 0.25) is 5.02 Å². The average Bonchev–Trinajstić information content (AvgIpc) is 3.23. The molecule has 0 unspecified atom stereocenters. The predicted molar refractivity (Wildman–Crippen MR) is 125 cm³/mol. The van der Waals surface area contributed by atoms with Crippen LogP contribution in [0.4, 0.5) is 5.13 Å². The number of hydrogen-bond donors (Lipinski definition) is 1. The lowest BCUT2D eigenvalue weighted by atomic mass is 10.2. The van der Waals surface area contributed by atoms with Gasteiger partial charge < -0.3 is 9.47 Å². The van der Waals surface area contributed by atoms with Crippen molar-refractivity contribution in [3.8, 4) is 11.5 Å². The van der Waals surface area contributed by atoms with Crippen molar-refractivity contribution in [2.24, 2.45) is 0 Å². The molecule has 1 aromatic heterocycles. The van der Waals surface area contributed by atoms with Crippen molar-refractivity contribution in [2.45, 2.75) is 32.8 Å². The molecule has 2 aromatic carbocycles. The van der Waals surface area contributed by atoms with Crippen LogP contribution in [0.1, 0.15) is 35.9 Å². The van der Waals surface area contributed by atoms with E-state index in [1.807, 2.05) is 42.5 Å². The third-order valence-electron chi connectivity index (χ3n) is 4.36. The number of unbranched alkanes of at least 4 members (excludes halogenated alkanes) is 1. The molecule has 0 saturated heterocycles. The SMILES string of the molecule is CCCCc1nnc(NC(=O)C=Cc2ccc(OCc3ccc(Cl)cc3)c(OC)c2)s1. The summed E-state index contributed by atoms with van der Waals surface area (Å²) < 4.78 is 11.3. The number of nitrogens with one attached hydrogen (secondary N) is 1. The molecule has 0 bridgehead atoms. The third kappa shape index (κ3) is 7.08. The molecule has 1 heterocycles. The van der Waals surface area contributed by atoms with Crippen molar-refractivity contribution < 1.29 is 14.3 Å². The minimum atomic E-state index is -0.264. The summed E-state index contributed by atoms with van der Waals surface area (Å²) in [7, 11) is 1.58. The molecule has 0 fully saturated rings. The number of methoxy groups -OCH3 is 1. The largest absolute Gasteiger partial charge is 0.493 e. The smallest absolute Gasteiger partial charge is 0.250 e.